The Morgan fingerprint density at radius 3 is 2.52 bits per heavy atom. The van der Waals surface area contributed by atoms with Crippen LogP contribution >= 0.6 is 0 Å². The fourth-order valence-corrected chi connectivity index (χ4v) is 3.32. The number of nitrogens with one attached hydrogen (secondary N) is 1. The molecule has 0 unspecified atom stereocenters. The molecule has 4 heteroatoms. The molecule has 0 aliphatic heterocycles. The maximum Gasteiger partial charge on any atom is 0.225 e. The van der Waals surface area contributed by atoms with Gasteiger partial charge in [-0.1, -0.05) is 45.0 Å². The summed E-state index contributed by atoms with van der Waals surface area (Å²) >= 11 is 0. The van der Waals surface area contributed by atoms with E-state index in [0.717, 1.165) is 34.3 Å². The van der Waals surface area contributed by atoms with Crippen molar-refractivity contribution in [2.24, 2.45) is 5.92 Å². The fraction of sp³-hybridized carbons (Fsp3) is 0.348. The molecule has 0 fully saturated rings. The molecule has 27 heavy (non-hydrogen) atoms. The standard InChI is InChI=1S/C23H27NO3/c1-5-16-6-8-17(9-7-16)23(15(2)3)24-22(25)12-18-14-27-21-13-19(26-4)10-11-20(18)21/h6-11,13-15,23H,5,12H2,1-4H3,(H,24,25)/t23-/m0/s1. The minimum atomic E-state index is -0.0123. The molecule has 3 rings (SSSR count). The average molecular weight is 365 g/mol. The Labute approximate surface area is 160 Å². The van der Waals surface area contributed by atoms with Gasteiger partial charge in [-0.15, -0.1) is 0 Å². The Balaban J connectivity index is 1.74. The largest absolute Gasteiger partial charge is 0.497 e. The van der Waals surface area contributed by atoms with E-state index in [-0.39, 0.29) is 18.4 Å². The summed E-state index contributed by atoms with van der Waals surface area (Å²) in [5, 5.41) is 4.13. The SMILES string of the molecule is CCc1ccc([C@@H](NC(=O)Cc2coc3cc(OC)ccc23)C(C)C)cc1. The highest BCUT2D eigenvalue weighted by Crippen LogP contribution is 2.27. The number of ether oxygens (including phenoxy) is 1. The molecular weight excluding hydrogens is 338 g/mol. The van der Waals surface area contributed by atoms with Crippen molar-refractivity contribution < 1.29 is 13.9 Å². The topological polar surface area (TPSA) is 51.5 Å². The molecule has 142 valence electrons. The second kappa shape index (κ2) is 8.30. The van der Waals surface area contributed by atoms with Crippen LogP contribution in [0.15, 0.2) is 53.1 Å². The monoisotopic (exact) mass is 365 g/mol. The molecule has 0 radical (unpaired) electrons. The van der Waals surface area contributed by atoms with Crippen LogP contribution in [-0.2, 0) is 17.6 Å². The van der Waals surface area contributed by atoms with Crippen molar-refractivity contribution in [1.82, 2.24) is 5.32 Å². The number of fused-ring (bicyclic) bond motifs is 1. The molecule has 1 aromatic heterocycles. The van der Waals surface area contributed by atoms with Crippen LogP contribution in [-0.4, -0.2) is 13.0 Å². The summed E-state index contributed by atoms with van der Waals surface area (Å²) in [5.41, 5.74) is 4.05. The summed E-state index contributed by atoms with van der Waals surface area (Å²) in [7, 11) is 1.62. The van der Waals surface area contributed by atoms with E-state index < -0.39 is 0 Å². The number of methoxy groups -OCH3 is 1. The minimum absolute atomic E-state index is 0.00761. The average Bonchev–Trinajstić information content (AvgIpc) is 3.07. The zero-order valence-electron chi connectivity index (χ0n) is 16.4. The summed E-state index contributed by atoms with van der Waals surface area (Å²) in [4.78, 5) is 12.7. The Bertz CT molecular complexity index is 909. The van der Waals surface area contributed by atoms with Gasteiger partial charge in [0.15, 0.2) is 0 Å². The van der Waals surface area contributed by atoms with Crippen LogP contribution in [0.2, 0.25) is 0 Å². The first-order chi connectivity index (χ1) is 13.0. The lowest BCUT2D eigenvalue weighted by molar-refractivity contribution is -0.121. The second-order valence-electron chi connectivity index (χ2n) is 7.18. The van der Waals surface area contributed by atoms with E-state index in [0.29, 0.717) is 5.92 Å². The van der Waals surface area contributed by atoms with Gasteiger partial charge >= 0.3 is 0 Å². The summed E-state index contributed by atoms with van der Waals surface area (Å²) < 4.78 is 10.8. The number of hydrogen-bond donors (Lipinski definition) is 1. The molecule has 2 aromatic carbocycles. The maximum atomic E-state index is 12.7. The van der Waals surface area contributed by atoms with Gasteiger partial charge in [0.2, 0.25) is 5.91 Å². The Morgan fingerprint density at radius 1 is 1.15 bits per heavy atom. The molecule has 0 aliphatic rings. The lowest BCUT2D eigenvalue weighted by Gasteiger charge is -2.23. The first kappa shape index (κ1) is 19.0. The maximum absolute atomic E-state index is 12.7. The van der Waals surface area contributed by atoms with Crippen LogP contribution in [0.4, 0.5) is 0 Å². The number of benzene rings is 2. The third kappa shape index (κ3) is 4.33. The molecule has 0 bridgehead atoms. The summed E-state index contributed by atoms with van der Waals surface area (Å²) in [6, 6.07) is 14.1. The molecule has 1 atom stereocenters. The van der Waals surface area contributed by atoms with Gasteiger partial charge in [0.1, 0.15) is 11.3 Å². The van der Waals surface area contributed by atoms with E-state index in [1.54, 1.807) is 13.4 Å². The number of carbonyl (C=O) groups is 1. The highest BCUT2D eigenvalue weighted by atomic mass is 16.5. The zero-order chi connectivity index (χ0) is 19.4. The number of furan rings is 1. The number of rotatable bonds is 7. The predicted molar refractivity (Wildman–Crippen MR) is 108 cm³/mol. The van der Waals surface area contributed by atoms with Gasteiger partial charge < -0.3 is 14.5 Å². The summed E-state index contributed by atoms with van der Waals surface area (Å²) in [6.45, 7) is 6.39. The van der Waals surface area contributed by atoms with Crippen molar-refractivity contribution in [3.05, 3.63) is 65.4 Å². The third-order valence-corrected chi connectivity index (χ3v) is 4.94. The lowest BCUT2D eigenvalue weighted by Crippen LogP contribution is -2.32. The van der Waals surface area contributed by atoms with Gasteiger partial charge in [0, 0.05) is 17.0 Å². The van der Waals surface area contributed by atoms with Crippen molar-refractivity contribution in [3.63, 3.8) is 0 Å². The molecule has 1 N–H and O–H groups in total. The molecule has 0 saturated carbocycles. The molecular formula is C23H27NO3. The molecule has 0 aliphatic carbocycles. The van der Waals surface area contributed by atoms with Crippen LogP contribution in [0.3, 0.4) is 0 Å². The summed E-state index contributed by atoms with van der Waals surface area (Å²) in [5.74, 6) is 1.03. The third-order valence-electron chi connectivity index (χ3n) is 4.94. The Kier molecular flexibility index (Phi) is 5.84. The van der Waals surface area contributed by atoms with Gasteiger partial charge in [0.05, 0.1) is 25.8 Å². The fourth-order valence-electron chi connectivity index (χ4n) is 3.32. The number of carbonyl (C=O) groups excluding carboxylic acids is 1. The van der Waals surface area contributed by atoms with Crippen molar-refractivity contribution in [2.45, 2.75) is 39.7 Å². The van der Waals surface area contributed by atoms with Gasteiger partial charge in [-0.2, -0.15) is 0 Å². The normalized spacial score (nSPS) is 12.3. The molecule has 4 nitrogen and oxygen atoms in total. The number of aryl methyl sites for hydroxylation is 1. The summed E-state index contributed by atoms with van der Waals surface area (Å²) in [6.07, 6.45) is 2.96. The van der Waals surface area contributed by atoms with Crippen LogP contribution in [0.5, 0.6) is 5.75 Å². The van der Waals surface area contributed by atoms with Crippen molar-refractivity contribution in [2.75, 3.05) is 7.11 Å². The van der Waals surface area contributed by atoms with Crippen LogP contribution in [0.1, 0.15) is 43.5 Å². The zero-order valence-corrected chi connectivity index (χ0v) is 16.4. The van der Waals surface area contributed by atoms with E-state index >= 15 is 0 Å². The number of amides is 1. The van der Waals surface area contributed by atoms with E-state index in [2.05, 4.69) is 50.4 Å². The molecule has 3 aromatic rings. The van der Waals surface area contributed by atoms with Crippen LogP contribution in [0.25, 0.3) is 11.0 Å². The first-order valence-corrected chi connectivity index (χ1v) is 9.44. The molecule has 1 heterocycles. The highest BCUT2D eigenvalue weighted by molar-refractivity contribution is 5.88. The van der Waals surface area contributed by atoms with Gasteiger partial charge in [0.25, 0.3) is 0 Å². The van der Waals surface area contributed by atoms with Crippen molar-refractivity contribution in [3.8, 4) is 5.75 Å². The van der Waals surface area contributed by atoms with E-state index in [9.17, 15) is 4.79 Å². The predicted octanol–water partition coefficient (Wildman–Crippen LogP) is 5.06. The van der Waals surface area contributed by atoms with E-state index in [1.807, 2.05) is 18.2 Å². The second-order valence-corrected chi connectivity index (χ2v) is 7.18. The Hall–Kier alpha value is -2.75. The highest BCUT2D eigenvalue weighted by Gasteiger charge is 2.19. The first-order valence-electron chi connectivity index (χ1n) is 9.44. The van der Waals surface area contributed by atoms with Crippen LogP contribution in [0, 0.1) is 5.92 Å². The Morgan fingerprint density at radius 2 is 1.89 bits per heavy atom. The van der Waals surface area contributed by atoms with Gasteiger partial charge in [-0.3, -0.25) is 4.79 Å². The number of hydrogen-bond acceptors (Lipinski definition) is 3. The van der Waals surface area contributed by atoms with E-state index in [4.69, 9.17) is 9.15 Å². The van der Waals surface area contributed by atoms with Crippen molar-refractivity contribution >= 4 is 16.9 Å². The lowest BCUT2D eigenvalue weighted by atomic mass is 9.94. The molecule has 0 spiro atoms. The molecule has 1 amide bonds. The smallest absolute Gasteiger partial charge is 0.225 e. The minimum Gasteiger partial charge on any atom is -0.497 e. The van der Waals surface area contributed by atoms with Gasteiger partial charge in [-0.25, -0.2) is 0 Å². The van der Waals surface area contributed by atoms with Gasteiger partial charge in [-0.05, 0) is 35.6 Å². The quantitative estimate of drug-likeness (QED) is 0.637. The molecule has 0 saturated heterocycles. The van der Waals surface area contributed by atoms with Crippen molar-refractivity contribution in [1.29, 1.82) is 0 Å². The van der Waals surface area contributed by atoms with Crippen LogP contribution < -0.4 is 10.1 Å². The van der Waals surface area contributed by atoms with E-state index in [1.165, 1.54) is 5.56 Å².